The van der Waals surface area contributed by atoms with Gasteiger partial charge in [0.05, 0.1) is 0 Å². The topological polar surface area (TPSA) is 80.9 Å². The first kappa shape index (κ1) is 16.9. The van der Waals surface area contributed by atoms with E-state index in [1.165, 1.54) is 0 Å². The second-order valence-electron chi connectivity index (χ2n) is 5.77. The van der Waals surface area contributed by atoms with E-state index in [-0.39, 0.29) is 5.91 Å². The minimum atomic E-state index is -0.232. The van der Waals surface area contributed by atoms with Crippen molar-refractivity contribution in [3.05, 3.63) is 70.5 Å². The van der Waals surface area contributed by atoms with E-state index < -0.39 is 0 Å². The Labute approximate surface area is 150 Å². The molecular weight excluding hydrogens is 336 g/mol. The lowest BCUT2D eigenvalue weighted by Crippen LogP contribution is -2.13. The number of benzene rings is 1. The molecule has 0 aliphatic rings. The van der Waals surface area contributed by atoms with Crippen LogP contribution in [0, 0.1) is 13.8 Å². The van der Waals surface area contributed by atoms with Gasteiger partial charge in [0.1, 0.15) is 16.8 Å². The van der Waals surface area contributed by atoms with Crippen molar-refractivity contribution in [3.63, 3.8) is 0 Å². The fourth-order valence-corrected chi connectivity index (χ4v) is 2.68. The van der Waals surface area contributed by atoms with Crippen LogP contribution in [0.3, 0.4) is 0 Å². The van der Waals surface area contributed by atoms with Gasteiger partial charge in [-0.1, -0.05) is 29.3 Å². The highest BCUT2D eigenvalue weighted by molar-refractivity contribution is 6.29. The first-order valence-corrected chi connectivity index (χ1v) is 8.09. The van der Waals surface area contributed by atoms with Gasteiger partial charge in [0.15, 0.2) is 0 Å². The van der Waals surface area contributed by atoms with Gasteiger partial charge >= 0.3 is 0 Å². The van der Waals surface area contributed by atoms with Crippen molar-refractivity contribution in [2.24, 2.45) is 0 Å². The maximum Gasteiger partial charge on any atom is 0.256 e. The Kier molecular flexibility index (Phi) is 4.67. The van der Waals surface area contributed by atoms with Crippen LogP contribution >= 0.6 is 11.6 Å². The molecule has 0 bridgehead atoms. The van der Waals surface area contributed by atoms with Crippen molar-refractivity contribution in [1.29, 1.82) is 0 Å². The largest absolute Gasteiger partial charge is 0.383 e. The lowest BCUT2D eigenvalue weighted by molar-refractivity contribution is 0.102. The predicted molar refractivity (Wildman–Crippen MR) is 101 cm³/mol. The lowest BCUT2D eigenvalue weighted by Gasteiger charge is -2.11. The van der Waals surface area contributed by atoms with E-state index in [0.29, 0.717) is 22.4 Å². The molecular formula is C19H17ClN4O. The highest BCUT2D eigenvalue weighted by Crippen LogP contribution is 2.29. The molecule has 126 valence electrons. The summed E-state index contributed by atoms with van der Waals surface area (Å²) in [6.07, 6.45) is 1.66. The average Bonchev–Trinajstić information content (AvgIpc) is 2.56. The third-order valence-corrected chi connectivity index (χ3v) is 4.05. The van der Waals surface area contributed by atoms with Crippen LogP contribution in [0.1, 0.15) is 21.5 Å². The molecule has 0 aliphatic carbocycles. The summed E-state index contributed by atoms with van der Waals surface area (Å²) >= 11 is 5.89. The number of rotatable bonds is 3. The second-order valence-corrected chi connectivity index (χ2v) is 6.16. The molecule has 0 unspecified atom stereocenters. The molecule has 5 nitrogen and oxygen atoms in total. The maximum atomic E-state index is 12.3. The zero-order valence-electron chi connectivity index (χ0n) is 13.9. The van der Waals surface area contributed by atoms with E-state index in [1.807, 2.05) is 32.0 Å². The first-order chi connectivity index (χ1) is 11.9. The summed E-state index contributed by atoms with van der Waals surface area (Å²) in [7, 11) is 0. The molecule has 0 aliphatic heterocycles. The van der Waals surface area contributed by atoms with Gasteiger partial charge in [-0.15, -0.1) is 0 Å². The van der Waals surface area contributed by atoms with Gasteiger partial charge in [-0.3, -0.25) is 4.79 Å². The Bertz CT molecular complexity index is 939. The number of carbonyl (C=O) groups excluding carboxylic acids is 1. The van der Waals surface area contributed by atoms with Gasteiger partial charge in [-0.25, -0.2) is 9.97 Å². The van der Waals surface area contributed by atoms with Crippen molar-refractivity contribution >= 4 is 29.1 Å². The minimum Gasteiger partial charge on any atom is -0.383 e. The van der Waals surface area contributed by atoms with Gasteiger partial charge in [0.25, 0.3) is 5.91 Å². The summed E-state index contributed by atoms with van der Waals surface area (Å²) in [4.78, 5) is 20.6. The van der Waals surface area contributed by atoms with Crippen LogP contribution < -0.4 is 11.1 Å². The molecule has 1 amide bonds. The molecule has 1 aromatic carbocycles. The summed E-state index contributed by atoms with van der Waals surface area (Å²) in [5.41, 5.74) is 10.3. The number of amides is 1. The Hall–Kier alpha value is -2.92. The van der Waals surface area contributed by atoms with Crippen molar-refractivity contribution in [3.8, 4) is 11.1 Å². The van der Waals surface area contributed by atoms with Crippen LogP contribution in [0.5, 0.6) is 0 Å². The molecule has 2 heterocycles. The number of aromatic nitrogens is 2. The second kappa shape index (κ2) is 6.91. The summed E-state index contributed by atoms with van der Waals surface area (Å²) in [5, 5.41) is 3.18. The SMILES string of the molecule is Cc1ccc(C(=O)Nc2ccc(-c3cnc(Cl)cc3C)c(N)n2)cc1. The summed E-state index contributed by atoms with van der Waals surface area (Å²) in [6.45, 7) is 3.89. The normalized spacial score (nSPS) is 10.5. The van der Waals surface area contributed by atoms with Gasteiger partial charge in [-0.05, 0) is 49.7 Å². The monoisotopic (exact) mass is 352 g/mol. The highest BCUT2D eigenvalue weighted by atomic mass is 35.5. The molecule has 0 fully saturated rings. The van der Waals surface area contributed by atoms with Crippen molar-refractivity contribution < 1.29 is 4.79 Å². The van der Waals surface area contributed by atoms with E-state index in [2.05, 4.69) is 15.3 Å². The number of halogens is 1. The fraction of sp³-hybridized carbons (Fsp3) is 0.105. The molecule has 0 atom stereocenters. The third-order valence-electron chi connectivity index (χ3n) is 3.85. The third kappa shape index (κ3) is 3.78. The van der Waals surface area contributed by atoms with E-state index in [9.17, 15) is 4.79 Å². The molecule has 0 radical (unpaired) electrons. The quantitative estimate of drug-likeness (QED) is 0.690. The minimum absolute atomic E-state index is 0.232. The standard InChI is InChI=1S/C19H17ClN4O/c1-11-3-5-13(6-4-11)19(25)24-17-8-7-14(18(21)23-17)15-10-22-16(20)9-12(15)2/h3-10H,1-2H3,(H3,21,23,24,25). The van der Waals surface area contributed by atoms with Gasteiger partial charge < -0.3 is 11.1 Å². The van der Waals surface area contributed by atoms with Gasteiger partial charge in [-0.2, -0.15) is 0 Å². The first-order valence-electron chi connectivity index (χ1n) is 7.71. The van der Waals surface area contributed by atoms with Gasteiger partial charge in [0, 0.05) is 22.9 Å². The van der Waals surface area contributed by atoms with Gasteiger partial charge in [0.2, 0.25) is 0 Å². The van der Waals surface area contributed by atoms with Crippen LogP contribution in [0.15, 0.2) is 48.7 Å². The molecule has 3 rings (SSSR count). The number of nitrogens with two attached hydrogens (primary N) is 1. The van der Waals surface area contributed by atoms with E-state index in [0.717, 1.165) is 22.3 Å². The number of aryl methyl sites for hydroxylation is 2. The summed E-state index contributed by atoms with van der Waals surface area (Å²) in [5.74, 6) is 0.476. The lowest BCUT2D eigenvalue weighted by atomic mass is 10.0. The predicted octanol–water partition coefficient (Wildman–Crippen LogP) is 4.25. The van der Waals surface area contributed by atoms with Crippen LogP contribution in [0.2, 0.25) is 5.15 Å². The number of nitrogens with zero attached hydrogens (tertiary/aromatic N) is 2. The van der Waals surface area contributed by atoms with E-state index in [1.54, 1.807) is 30.5 Å². The molecule has 3 aromatic rings. The number of hydrogen-bond acceptors (Lipinski definition) is 4. The number of hydrogen-bond donors (Lipinski definition) is 2. The van der Waals surface area contributed by atoms with Crippen LogP contribution in [-0.4, -0.2) is 15.9 Å². The fourth-order valence-electron chi connectivity index (χ4n) is 2.47. The van der Waals surface area contributed by atoms with Crippen molar-refractivity contribution in [2.75, 3.05) is 11.1 Å². The van der Waals surface area contributed by atoms with Crippen LogP contribution in [-0.2, 0) is 0 Å². The number of carbonyl (C=O) groups is 1. The van der Waals surface area contributed by atoms with Crippen LogP contribution in [0.4, 0.5) is 11.6 Å². The number of nitrogen functional groups attached to an aromatic ring is 1. The Morgan fingerprint density at radius 1 is 1.08 bits per heavy atom. The van der Waals surface area contributed by atoms with Crippen molar-refractivity contribution in [2.45, 2.75) is 13.8 Å². The molecule has 3 N–H and O–H groups in total. The molecule has 25 heavy (non-hydrogen) atoms. The zero-order valence-corrected chi connectivity index (χ0v) is 14.6. The zero-order chi connectivity index (χ0) is 18.0. The molecule has 2 aromatic heterocycles. The summed E-state index contributed by atoms with van der Waals surface area (Å²) < 4.78 is 0. The Morgan fingerprint density at radius 3 is 2.44 bits per heavy atom. The van der Waals surface area contributed by atoms with Crippen LogP contribution in [0.25, 0.3) is 11.1 Å². The molecule has 0 spiro atoms. The number of pyridine rings is 2. The number of nitrogens with one attached hydrogen (secondary N) is 1. The maximum absolute atomic E-state index is 12.3. The van der Waals surface area contributed by atoms with E-state index in [4.69, 9.17) is 17.3 Å². The Morgan fingerprint density at radius 2 is 1.80 bits per heavy atom. The van der Waals surface area contributed by atoms with E-state index >= 15 is 0 Å². The summed E-state index contributed by atoms with van der Waals surface area (Å²) in [6, 6.07) is 12.6. The smallest absolute Gasteiger partial charge is 0.256 e. The molecule has 0 saturated carbocycles. The number of anilines is 2. The molecule has 0 saturated heterocycles. The average molecular weight is 353 g/mol. The molecule has 6 heteroatoms. The Balaban J connectivity index is 1.84. The highest BCUT2D eigenvalue weighted by Gasteiger charge is 2.11. The van der Waals surface area contributed by atoms with Crippen molar-refractivity contribution in [1.82, 2.24) is 9.97 Å².